The molecule has 1 saturated carbocycles. The first-order valence-corrected chi connectivity index (χ1v) is 10.5. The van der Waals surface area contributed by atoms with Crippen molar-refractivity contribution in [1.29, 1.82) is 0 Å². The van der Waals surface area contributed by atoms with Crippen LogP contribution in [0.2, 0.25) is 0 Å². The molecule has 2 unspecified atom stereocenters. The lowest BCUT2D eigenvalue weighted by Crippen LogP contribution is -2.42. The van der Waals surface area contributed by atoms with Crippen LogP contribution in [0.1, 0.15) is 32.1 Å². The monoisotopic (exact) mass is 355 g/mol. The zero-order valence-corrected chi connectivity index (χ0v) is 15.4. The first-order chi connectivity index (χ1) is 12.3. The van der Waals surface area contributed by atoms with Gasteiger partial charge >= 0.3 is 0 Å². The molecule has 4 heterocycles. The molecule has 4 nitrogen and oxygen atoms in total. The predicted octanol–water partition coefficient (Wildman–Crippen LogP) is 3.77. The van der Waals surface area contributed by atoms with Crippen LogP contribution in [0.4, 0.5) is 5.69 Å². The molecule has 0 spiro atoms. The van der Waals surface area contributed by atoms with Crippen molar-refractivity contribution < 1.29 is 4.79 Å². The second-order valence-electron chi connectivity index (χ2n) is 7.92. The van der Waals surface area contributed by atoms with Gasteiger partial charge in [-0.2, -0.15) is 0 Å². The summed E-state index contributed by atoms with van der Waals surface area (Å²) in [4.78, 5) is 22.0. The van der Waals surface area contributed by atoms with E-state index in [-0.39, 0.29) is 5.92 Å². The smallest absolute Gasteiger partial charge is 0.225 e. The fourth-order valence-corrected chi connectivity index (χ4v) is 6.04. The highest BCUT2D eigenvalue weighted by atomic mass is 32.1. The fourth-order valence-electron chi connectivity index (χ4n) is 5.15. The number of anilines is 1. The second kappa shape index (κ2) is 6.27. The lowest BCUT2D eigenvalue weighted by atomic mass is 9.95. The van der Waals surface area contributed by atoms with Gasteiger partial charge in [0.2, 0.25) is 5.91 Å². The third kappa shape index (κ3) is 2.73. The number of hydrogen-bond acceptors (Lipinski definition) is 4. The third-order valence-corrected chi connectivity index (χ3v) is 7.47. The maximum absolute atomic E-state index is 12.9. The van der Waals surface area contributed by atoms with Crippen molar-refractivity contribution in [2.24, 2.45) is 17.8 Å². The highest BCUT2D eigenvalue weighted by molar-refractivity contribution is 7.17. The van der Waals surface area contributed by atoms with E-state index in [2.05, 4.69) is 32.3 Å². The minimum atomic E-state index is 0.232. The molecule has 5 heteroatoms. The van der Waals surface area contributed by atoms with E-state index in [1.54, 1.807) is 11.3 Å². The molecular weight excluding hydrogens is 330 g/mol. The second-order valence-corrected chi connectivity index (χ2v) is 8.84. The van der Waals surface area contributed by atoms with E-state index in [0.717, 1.165) is 56.4 Å². The largest absolute Gasteiger partial charge is 0.370 e. The van der Waals surface area contributed by atoms with Crippen molar-refractivity contribution in [1.82, 2.24) is 9.88 Å². The number of thiophene rings is 1. The van der Waals surface area contributed by atoms with Gasteiger partial charge in [0.1, 0.15) is 0 Å². The Balaban J connectivity index is 1.24. The van der Waals surface area contributed by atoms with Gasteiger partial charge in [0.25, 0.3) is 0 Å². The van der Waals surface area contributed by atoms with Crippen molar-refractivity contribution in [2.75, 3.05) is 31.1 Å². The molecule has 0 N–H and O–H groups in total. The lowest BCUT2D eigenvalue weighted by molar-refractivity contribution is -0.135. The van der Waals surface area contributed by atoms with Crippen molar-refractivity contribution in [2.45, 2.75) is 32.1 Å². The highest BCUT2D eigenvalue weighted by Gasteiger charge is 2.40. The van der Waals surface area contributed by atoms with Gasteiger partial charge < -0.3 is 9.80 Å². The molecule has 2 saturated heterocycles. The Labute approximate surface area is 152 Å². The molecule has 2 aromatic heterocycles. The van der Waals surface area contributed by atoms with E-state index in [1.165, 1.54) is 29.6 Å². The number of pyridine rings is 1. The Kier molecular flexibility index (Phi) is 3.92. The predicted molar refractivity (Wildman–Crippen MR) is 102 cm³/mol. The first-order valence-electron chi connectivity index (χ1n) is 9.65. The summed E-state index contributed by atoms with van der Waals surface area (Å²) in [5.74, 6) is 2.27. The van der Waals surface area contributed by atoms with Crippen LogP contribution in [-0.4, -0.2) is 42.0 Å². The summed E-state index contributed by atoms with van der Waals surface area (Å²) in [6, 6.07) is 4.21. The zero-order valence-electron chi connectivity index (χ0n) is 14.6. The maximum atomic E-state index is 12.9. The molecule has 1 aliphatic carbocycles. The van der Waals surface area contributed by atoms with Gasteiger partial charge in [-0.1, -0.05) is 6.42 Å². The van der Waals surface area contributed by atoms with Crippen LogP contribution < -0.4 is 4.90 Å². The molecule has 1 amide bonds. The van der Waals surface area contributed by atoms with Gasteiger partial charge in [0.05, 0.1) is 15.9 Å². The van der Waals surface area contributed by atoms with Gasteiger partial charge in [0, 0.05) is 38.3 Å². The number of hydrogen-bond donors (Lipinski definition) is 0. The summed E-state index contributed by atoms with van der Waals surface area (Å²) in [5, 5.41) is 2.11. The van der Waals surface area contributed by atoms with Crippen molar-refractivity contribution in [3.8, 4) is 0 Å². The molecule has 25 heavy (non-hydrogen) atoms. The molecule has 132 valence electrons. The van der Waals surface area contributed by atoms with Crippen LogP contribution in [0.3, 0.4) is 0 Å². The molecular formula is C20H25N3OS. The van der Waals surface area contributed by atoms with E-state index in [0.29, 0.717) is 5.91 Å². The minimum absolute atomic E-state index is 0.232. The van der Waals surface area contributed by atoms with E-state index in [4.69, 9.17) is 0 Å². The van der Waals surface area contributed by atoms with E-state index in [9.17, 15) is 4.79 Å². The normalized spacial score (nSPS) is 27.2. The number of piperidine rings is 1. The number of carbonyl (C=O) groups excluding carboxylic acids is 1. The molecule has 3 fully saturated rings. The minimum Gasteiger partial charge on any atom is -0.370 e. The van der Waals surface area contributed by atoms with Gasteiger partial charge in [-0.3, -0.25) is 9.78 Å². The lowest BCUT2D eigenvalue weighted by Gasteiger charge is -2.34. The van der Waals surface area contributed by atoms with Crippen molar-refractivity contribution in [3.05, 3.63) is 23.7 Å². The van der Waals surface area contributed by atoms with E-state index < -0.39 is 0 Å². The summed E-state index contributed by atoms with van der Waals surface area (Å²) in [5.41, 5.74) is 2.38. The van der Waals surface area contributed by atoms with Crippen molar-refractivity contribution >= 4 is 33.1 Å². The summed E-state index contributed by atoms with van der Waals surface area (Å²) in [7, 11) is 0. The van der Waals surface area contributed by atoms with E-state index >= 15 is 0 Å². The number of amides is 1. The van der Waals surface area contributed by atoms with Gasteiger partial charge in [0.15, 0.2) is 0 Å². The van der Waals surface area contributed by atoms with Crippen LogP contribution in [0.25, 0.3) is 10.2 Å². The SMILES string of the molecule is O=C(C1CCN(c2ccnc3ccsc23)CC1)N1CC2CCCC2C1. The molecule has 2 aromatic rings. The number of nitrogens with zero attached hydrogens (tertiary/aromatic N) is 3. The molecule has 0 aromatic carbocycles. The Morgan fingerprint density at radius 1 is 1.08 bits per heavy atom. The first kappa shape index (κ1) is 15.6. The molecule has 2 atom stereocenters. The van der Waals surface area contributed by atoms with E-state index in [1.807, 2.05) is 6.20 Å². The Morgan fingerprint density at radius 3 is 2.60 bits per heavy atom. The Morgan fingerprint density at radius 2 is 1.84 bits per heavy atom. The van der Waals surface area contributed by atoms with Crippen LogP contribution >= 0.6 is 11.3 Å². The van der Waals surface area contributed by atoms with Gasteiger partial charge in [-0.15, -0.1) is 11.3 Å². The Hall–Kier alpha value is -1.62. The van der Waals surface area contributed by atoms with Crippen LogP contribution in [0, 0.1) is 17.8 Å². The molecule has 0 radical (unpaired) electrons. The third-order valence-electron chi connectivity index (χ3n) is 6.55. The summed E-state index contributed by atoms with van der Waals surface area (Å²) >= 11 is 1.77. The van der Waals surface area contributed by atoms with Crippen molar-refractivity contribution in [3.63, 3.8) is 0 Å². The average molecular weight is 356 g/mol. The summed E-state index contributed by atoms with van der Waals surface area (Å²) in [6.07, 6.45) is 7.93. The number of carbonyl (C=O) groups is 1. The summed E-state index contributed by atoms with van der Waals surface area (Å²) in [6.45, 7) is 4.02. The highest BCUT2D eigenvalue weighted by Crippen LogP contribution is 2.39. The average Bonchev–Trinajstić information content (AvgIpc) is 3.36. The molecule has 3 aliphatic rings. The Bertz CT molecular complexity index is 768. The molecule has 5 rings (SSSR count). The molecule has 2 aliphatic heterocycles. The number of fused-ring (bicyclic) bond motifs is 2. The maximum Gasteiger partial charge on any atom is 0.225 e. The van der Waals surface area contributed by atoms with Crippen LogP contribution in [0.5, 0.6) is 0 Å². The number of rotatable bonds is 2. The zero-order chi connectivity index (χ0) is 16.8. The topological polar surface area (TPSA) is 36.4 Å². The number of likely N-dealkylation sites (tertiary alicyclic amines) is 1. The summed E-state index contributed by atoms with van der Waals surface area (Å²) < 4.78 is 1.28. The van der Waals surface area contributed by atoms with Gasteiger partial charge in [-0.05, 0) is 55.0 Å². The molecule has 0 bridgehead atoms. The number of aromatic nitrogens is 1. The standard InChI is InChI=1S/C20H25N3OS/c24-20(23-12-15-2-1-3-16(15)13-23)14-5-9-22(10-6-14)18-4-8-21-17-7-11-25-19(17)18/h4,7-8,11,14-16H,1-3,5-6,9-10,12-13H2. The van der Waals surface area contributed by atoms with Gasteiger partial charge in [-0.25, -0.2) is 0 Å². The van der Waals surface area contributed by atoms with Crippen LogP contribution in [0.15, 0.2) is 23.7 Å². The van der Waals surface area contributed by atoms with Crippen LogP contribution in [-0.2, 0) is 4.79 Å². The quantitative estimate of drug-likeness (QED) is 0.823. The fraction of sp³-hybridized carbons (Fsp3) is 0.600.